The fraction of sp³-hybridized carbons (Fsp3) is 0.500. The van der Waals surface area contributed by atoms with Gasteiger partial charge in [0.15, 0.2) is 16.6 Å². The van der Waals surface area contributed by atoms with Crippen LogP contribution >= 0.6 is 11.3 Å². The number of ketones is 1. The highest BCUT2D eigenvalue weighted by molar-refractivity contribution is 7.22. The van der Waals surface area contributed by atoms with Crippen molar-refractivity contribution in [3.63, 3.8) is 0 Å². The Labute approximate surface area is 325 Å². The van der Waals surface area contributed by atoms with E-state index in [0.717, 1.165) is 60.1 Å². The number of aromatic nitrogens is 6. The number of benzene rings is 1. The number of rotatable bonds is 11. The zero-order valence-corrected chi connectivity index (χ0v) is 33.5. The van der Waals surface area contributed by atoms with Gasteiger partial charge in [-0.3, -0.25) is 9.48 Å². The fourth-order valence-corrected chi connectivity index (χ4v) is 11.6. The van der Waals surface area contributed by atoms with Crippen molar-refractivity contribution in [2.24, 2.45) is 16.2 Å². The van der Waals surface area contributed by atoms with Crippen molar-refractivity contribution in [3.8, 4) is 11.1 Å². The predicted octanol–water partition coefficient (Wildman–Crippen LogP) is 8.02. The van der Waals surface area contributed by atoms with E-state index in [9.17, 15) is 14.7 Å². The first kappa shape index (κ1) is 37.3. The van der Waals surface area contributed by atoms with Crippen LogP contribution in [-0.4, -0.2) is 71.2 Å². The molecule has 12 nitrogen and oxygen atoms in total. The highest BCUT2D eigenvalue weighted by Gasteiger charge is 2.66. The summed E-state index contributed by atoms with van der Waals surface area (Å²) in [4.78, 5) is 37.0. The van der Waals surface area contributed by atoms with Gasteiger partial charge < -0.3 is 19.9 Å². The van der Waals surface area contributed by atoms with Gasteiger partial charge >= 0.3 is 5.97 Å². The van der Waals surface area contributed by atoms with Crippen LogP contribution in [0.1, 0.15) is 111 Å². The van der Waals surface area contributed by atoms with E-state index in [1.54, 1.807) is 45.2 Å². The number of aryl methyl sites for hydroxylation is 1. The van der Waals surface area contributed by atoms with Gasteiger partial charge in [0.05, 0.1) is 35.2 Å². The molecule has 288 valence electrons. The number of carbonyl (C=O) groups excluding carboxylic acids is 2. The molecule has 0 spiro atoms. The van der Waals surface area contributed by atoms with Crippen molar-refractivity contribution >= 4 is 44.3 Å². The molecule has 4 saturated carbocycles. The maximum atomic E-state index is 13.9. The van der Waals surface area contributed by atoms with Crippen LogP contribution in [-0.2, 0) is 16.0 Å². The monoisotopic (exact) mass is 763 g/mol. The number of aliphatic hydroxyl groups excluding tert-OH is 1. The maximum Gasteiger partial charge on any atom is 0.358 e. The Morgan fingerprint density at radius 3 is 2.36 bits per heavy atom. The molecule has 1 aromatic carbocycles. The van der Waals surface area contributed by atoms with Gasteiger partial charge in [-0.1, -0.05) is 37.3 Å². The third-order valence-corrected chi connectivity index (χ3v) is 12.4. The van der Waals surface area contributed by atoms with Gasteiger partial charge in [-0.25, -0.2) is 14.8 Å². The number of nitrogens with zero attached hydrogens (tertiary/aromatic N) is 6. The summed E-state index contributed by atoms with van der Waals surface area (Å²) < 4.78 is 15.4. The number of thiazole rings is 1. The third-order valence-electron chi connectivity index (χ3n) is 11.5. The number of hydrogen-bond acceptors (Lipinski definition) is 12. The van der Waals surface area contributed by atoms with Gasteiger partial charge in [-0.2, -0.15) is 5.10 Å². The molecule has 2 N–H and O–H groups in total. The van der Waals surface area contributed by atoms with E-state index in [2.05, 4.69) is 44.0 Å². The largest absolute Gasteiger partial charge is 0.455 e. The second-order valence-corrected chi connectivity index (χ2v) is 19.1. The summed E-state index contributed by atoms with van der Waals surface area (Å²) in [5.41, 5.74) is 3.26. The zero-order valence-electron chi connectivity index (χ0n) is 32.7. The summed E-state index contributed by atoms with van der Waals surface area (Å²) in [6, 6.07) is 12.9. The number of ether oxygens (including phenoxy) is 2. The first-order valence-electron chi connectivity index (χ1n) is 19.0. The third kappa shape index (κ3) is 7.18. The van der Waals surface area contributed by atoms with Gasteiger partial charge in [-0.15, -0.1) is 10.2 Å². The van der Waals surface area contributed by atoms with E-state index in [0.29, 0.717) is 28.7 Å². The lowest BCUT2D eigenvalue weighted by molar-refractivity contribution is -0.250. The number of aliphatic hydroxyl groups is 1. The summed E-state index contributed by atoms with van der Waals surface area (Å²) in [5.74, 6) is -0.607. The van der Waals surface area contributed by atoms with Crippen LogP contribution in [0.15, 0.2) is 48.7 Å². The summed E-state index contributed by atoms with van der Waals surface area (Å²) in [7, 11) is 0. The molecule has 55 heavy (non-hydrogen) atoms. The van der Waals surface area contributed by atoms with Crippen LogP contribution < -0.4 is 5.32 Å². The number of anilines is 2. The number of esters is 1. The van der Waals surface area contributed by atoms with E-state index in [4.69, 9.17) is 14.6 Å². The molecule has 5 aromatic rings. The molecule has 4 atom stereocenters. The molecule has 4 bridgehead atoms. The van der Waals surface area contributed by atoms with Crippen molar-refractivity contribution in [2.75, 3.05) is 18.5 Å². The Morgan fingerprint density at radius 2 is 1.67 bits per heavy atom. The summed E-state index contributed by atoms with van der Waals surface area (Å²) in [6.07, 6.45) is 8.13. The average molecular weight is 764 g/mol. The molecule has 0 saturated heterocycles. The van der Waals surface area contributed by atoms with Gasteiger partial charge in [0, 0.05) is 23.4 Å². The van der Waals surface area contributed by atoms with Crippen molar-refractivity contribution in [1.29, 1.82) is 0 Å². The number of carbonyl (C=O) groups is 2. The number of para-hydroxylation sites is 1. The van der Waals surface area contributed by atoms with Crippen LogP contribution in [0.25, 0.3) is 21.3 Å². The highest BCUT2D eigenvalue weighted by Crippen LogP contribution is 2.72. The lowest BCUT2D eigenvalue weighted by Crippen LogP contribution is -2.64. The molecule has 9 rings (SSSR count). The van der Waals surface area contributed by atoms with Crippen LogP contribution in [0.4, 0.5) is 10.9 Å². The van der Waals surface area contributed by atoms with Crippen LogP contribution in [0.5, 0.6) is 0 Å². The zero-order chi connectivity index (χ0) is 39.0. The van der Waals surface area contributed by atoms with E-state index >= 15 is 0 Å². The summed E-state index contributed by atoms with van der Waals surface area (Å²) in [5, 5.41) is 27.0. The van der Waals surface area contributed by atoms with Crippen molar-refractivity contribution in [2.45, 2.75) is 105 Å². The van der Waals surface area contributed by atoms with Gasteiger partial charge in [0.2, 0.25) is 5.78 Å². The predicted molar refractivity (Wildman–Crippen MR) is 211 cm³/mol. The highest BCUT2D eigenvalue weighted by atomic mass is 32.1. The second-order valence-electron chi connectivity index (χ2n) is 18.0. The Morgan fingerprint density at radius 1 is 0.927 bits per heavy atom. The Balaban J connectivity index is 1.08. The minimum absolute atomic E-state index is 0.0110. The lowest BCUT2D eigenvalue weighted by Gasteiger charge is -2.69. The van der Waals surface area contributed by atoms with Crippen molar-refractivity contribution in [1.82, 2.24) is 29.9 Å². The fourth-order valence-electron chi connectivity index (χ4n) is 10.8. The molecule has 2 unspecified atom stereocenters. The molecular formula is C42H49N7O5S. The molecule has 4 aliphatic rings. The van der Waals surface area contributed by atoms with Gasteiger partial charge in [0.25, 0.3) is 0 Å². The number of hydrogen-bond donors (Lipinski definition) is 2. The minimum Gasteiger partial charge on any atom is -0.455 e. The van der Waals surface area contributed by atoms with Gasteiger partial charge in [-0.05, 0) is 125 Å². The van der Waals surface area contributed by atoms with E-state index in [-0.39, 0.29) is 45.5 Å². The quantitative estimate of drug-likeness (QED) is 0.0993. The smallest absolute Gasteiger partial charge is 0.358 e. The van der Waals surface area contributed by atoms with E-state index in [1.807, 2.05) is 38.1 Å². The average Bonchev–Trinajstić information content (AvgIpc) is 3.67. The topological polar surface area (TPSA) is 154 Å². The SMILES string of the molecule is Cc1cc(C(=O)c2ccc(-c3cnn(CC45CC6(OCCO)C[C@](C)(C4)C[C@](C)(C5)C6)c3C)c(C(=O)OC(C)(C)C)n2)nnc1Nc1nc2ccccc2s1. The molecule has 0 amide bonds. The minimum atomic E-state index is -0.789. The van der Waals surface area contributed by atoms with Crippen LogP contribution in [0.3, 0.4) is 0 Å². The molecule has 4 fully saturated rings. The number of fused-ring (bicyclic) bond motifs is 1. The van der Waals surface area contributed by atoms with Crippen molar-refractivity contribution < 1.29 is 24.2 Å². The Bertz CT molecular complexity index is 2280. The Kier molecular flexibility index (Phi) is 9.01. The first-order chi connectivity index (χ1) is 26.0. The van der Waals surface area contributed by atoms with Crippen LogP contribution in [0, 0.1) is 30.1 Å². The standard InChI is InChI=1S/C42H49N7O5S/c1-25-16-31(47-48-35(25)46-37-45-29-10-8-9-11-32(29)55-37)34(51)30-13-12-27(33(44-30)36(52)54-38(3,4)5)28-17-43-49(26(28)2)24-41-19-39(6)18-40(7,20-41)22-42(21-39,23-41)53-15-14-50/h8-13,16-17,50H,14-15,18-24H2,1-7H3,(H,45,46,48)/t39-,40+,41?,42?. The van der Waals surface area contributed by atoms with Crippen LogP contribution in [0.2, 0.25) is 0 Å². The lowest BCUT2D eigenvalue weighted by atomic mass is 9.39. The van der Waals surface area contributed by atoms with E-state index < -0.39 is 17.4 Å². The molecule has 0 radical (unpaired) electrons. The molecule has 13 heteroatoms. The molecule has 4 heterocycles. The summed E-state index contributed by atoms with van der Waals surface area (Å²) in [6.45, 7) is 15.2. The number of nitrogens with one attached hydrogen (secondary N) is 1. The van der Waals surface area contributed by atoms with Crippen molar-refractivity contribution in [3.05, 3.63) is 77.0 Å². The molecular weight excluding hydrogens is 715 g/mol. The Hall–Kier alpha value is -4.59. The van der Waals surface area contributed by atoms with E-state index in [1.165, 1.54) is 17.8 Å². The molecule has 4 aliphatic carbocycles. The summed E-state index contributed by atoms with van der Waals surface area (Å²) >= 11 is 1.50. The normalized spacial score (nSPS) is 25.7. The molecule has 4 aromatic heterocycles. The molecule has 0 aliphatic heterocycles. The second kappa shape index (κ2) is 13.3. The maximum absolute atomic E-state index is 13.9. The number of pyridine rings is 1. The van der Waals surface area contributed by atoms with Gasteiger partial charge in [0.1, 0.15) is 17.0 Å². The first-order valence-corrected chi connectivity index (χ1v) is 19.8.